The molecule has 2 N–H and O–H groups in total. The summed E-state index contributed by atoms with van der Waals surface area (Å²) >= 11 is 1.65. The van der Waals surface area contributed by atoms with E-state index in [9.17, 15) is 8.42 Å². The molecule has 0 spiro atoms. The van der Waals surface area contributed by atoms with Gasteiger partial charge in [-0.05, 0) is 43.8 Å². The van der Waals surface area contributed by atoms with E-state index in [1.165, 1.54) is 0 Å². The van der Waals surface area contributed by atoms with Gasteiger partial charge in [0.15, 0.2) is 0 Å². The van der Waals surface area contributed by atoms with Crippen LogP contribution in [0.3, 0.4) is 0 Å². The number of hydrogen-bond acceptors (Lipinski definition) is 4. The molecule has 1 atom stereocenters. The summed E-state index contributed by atoms with van der Waals surface area (Å²) in [6.45, 7) is 4.52. The van der Waals surface area contributed by atoms with Gasteiger partial charge in [0.05, 0.1) is 4.90 Å². The Morgan fingerprint density at radius 2 is 2.05 bits per heavy atom. The summed E-state index contributed by atoms with van der Waals surface area (Å²) in [7, 11) is -1.60. The predicted molar refractivity (Wildman–Crippen MR) is 86.7 cm³/mol. The fraction of sp³-hybridized carbons (Fsp3) is 0.571. The third-order valence-corrected chi connectivity index (χ3v) is 5.64. The van der Waals surface area contributed by atoms with Crippen molar-refractivity contribution < 1.29 is 8.42 Å². The van der Waals surface area contributed by atoms with Gasteiger partial charge in [0.25, 0.3) is 0 Å². The third-order valence-electron chi connectivity index (χ3n) is 3.24. The van der Waals surface area contributed by atoms with E-state index in [0.29, 0.717) is 11.4 Å². The molecule has 0 bridgehead atoms. The van der Waals surface area contributed by atoms with Gasteiger partial charge in [-0.3, -0.25) is 0 Å². The van der Waals surface area contributed by atoms with Crippen LogP contribution in [0.5, 0.6) is 0 Å². The average molecular weight is 316 g/mol. The molecule has 0 aliphatic rings. The molecule has 0 heterocycles. The van der Waals surface area contributed by atoms with Gasteiger partial charge >= 0.3 is 0 Å². The number of thioether (sulfide) groups is 1. The van der Waals surface area contributed by atoms with Crippen LogP contribution in [0.25, 0.3) is 0 Å². The Bertz CT molecular complexity index is 530. The SMILES string of the molecule is CCC(CSC)NS(=O)(=O)c1cccc(CNC)c1C. The van der Waals surface area contributed by atoms with Crippen molar-refractivity contribution in [2.24, 2.45) is 0 Å². The largest absolute Gasteiger partial charge is 0.316 e. The standard InChI is InChI=1S/C14H24N2O2S2/c1-5-13(10-19-4)16-20(17,18)14-8-6-7-12(9-15-3)11(14)2/h6-8,13,15-16H,5,9-10H2,1-4H3. The van der Waals surface area contributed by atoms with Gasteiger partial charge in [0, 0.05) is 18.3 Å². The lowest BCUT2D eigenvalue weighted by molar-refractivity contribution is 0.557. The molecule has 0 radical (unpaired) electrons. The molecular weight excluding hydrogens is 292 g/mol. The van der Waals surface area contributed by atoms with Crippen LogP contribution in [0.2, 0.25) is 0 Å². The van der Waals surface area contributed by atoms with Crippen LogP contribution in [-0.4, -0.2) is 33.5 Å². The number of rotatable bonds is 8. The van der Waals surface area contributed by atoms with Gasteiger partial charge in [0.1, 0.15) is 0 Å². The van der Waals surface area contributed by atoms with Crippen molar-refractivity contribution in [2.45, 2.75) is 37.8 Å². The van der Waals surface area contributed by atoms with Crippen LogP contribution < -0.4 is 10.0 Å². The molecule has 114 valence electrons. The van der Waals surface area contributed by atoms with E-state index in [1.807, 2.05) is 33.2 Å². The molecule has 4 nitrogen and oxygen atoms in total. The van der Waals surface area contributed by atoms with Crippen molar-refractivity contribution in [3.05, 3.63) is 29.3 Å². The lowest BCUT2D eigenvalue weighted by Gasteiger charge is -2.18. The highest BCUT2D eigenvalue weighted by molar-refractivity contribution is 7.98. The molecule has 1 aromatic carbocycles. The minimum Gasteiger partial charge on any atom is -0.316 e. The van der Waals surface area contributed by atoms with Gasteiger partial charge in [-0.25, -0.2) is 13.1 Å². The Kier molecular flexibility index (Phi) is 7.02. The highest BCUT2D eigenvalue weighted by atomic mass is 32.2. The lowest BCUT2D eigenvalue weighted by atomic mass is 10.1. The molecule has 6 heteroatoms. The van der Waals surface area contributed by atoms with Crippen molar-refractivity contribution in [1.82, 2.24) is 10.0 Å². The van der Waals surface area contributed by atoms with E-state index in [1.54, 1.807) is 23.9 Å². The van der Waals surface area contributed by atoms with Gasteiger partial charge in [-0.15, -0.1) is 0 Å². The molecular formula is C14H24N2O2S2. The Morgan fingerprint density at radius 3 is 2.60 bits per heavy atom. The first kappa shape index (κ1) is 17.5. The van der Waals surface area contributed by atoms with Gasteiger partial charge < -0.3 is 5.32 Å². The van der Waals surface area contributed by atoms with E-state index < -0.39 is 10.0 Å². The number of hydrogen-bond donors (Lipinski definition) is 2. The second kappa shape index (κ2) is 8.02. The fourth-order valence-corrected chi connectivity index (χ4v) is 4.49. The van der Waals surface area contributed by atoms with E-state index in [4.69, 9.17) is 0 Å². The van der Waals surface area contributed by atoms with Crippen molar-refractivity contribution in [2.75, 3.05) is 19.1 Å². The molecule has 20 heavy (non-hydrogen) atoms. The highest BCUT2D eigenvalue weighted by Crippen LogP contribution is 2.19. The van der Waals surface area contributed by atoms with Crippen LogP contribution in [-0.2, 0) is 16.6 Å². The van der Waals surface area contributed by atoms with E-state index in [2.05, 4.69) is 10.0 Å². The summed E-state index contributed by atoms with van der Waals surface area (Å²) in [5.74, 6) is 0.783. The predicted octanol–water partition coefficient (Wildman–Crippen LogP) is 2.13. The maximum Gasteiger partial charge on any atom is 0.241 e. The number of benzene rings is 1. The van der Waals surface area contributed by atoms with E-state index >= 15 is 0 Å². The Balaban J connectivity index is 3.06. The van der Waals surface area contributed by atoms with Crippen LogP contribution in [0.1, 0.15) is 24.5 Å². The second-order valence-corrected chi connectivity index (χ2v) is 7.35. The zero-order valence-corrected chi connectivity index (χ0v) is 14.2. The first-order chi connectivity index (χ1) is 9.46. The molecule has 0 fully saturated rings. The van der Waals surface area contributed by atoms with E-state index in [-0.39, 0.29) is 6.04 Å². The Labute approximate surface area is 126 Å². The fourth-order valence-electron chi connectivity index (χ4n) is 2.05. The van der Waals surface area contributed by atoms with Crippen LogP contribution in [0.15, 0.2) is 23.1 Å². The Morgan fingerprint density at radius 1 is 1.35 bits per heavy atom. The molecule has 0 aliphatic carbocycles. The smallest absolute Gasteiger partial charge is 0.241 e. The van der Waals surface area contributed by atoms with E-state index in [0.717, 1.165) is 23.3 Å². The second-order valence-electron chi connectivity index (χ2n) is 4.75. The molecule has 0 amide bonds. The van der Waals surface area contributed by atoms with Crippen LogP contribution in [0, 0.1) is 6.92 Å². The third kappa shape index (κ3) is 4.48. The van der Waals surface area contributed by atoms with Crippen molar-refractivity contribution in [3.8, 4) is 0 Å². The quantitative estimate of drug-likeness (QED) is 0.771. The van der Waals surface area contributed by atoms with Crippen LogP contribution in [0.4, 0.5) is 0 Å². The Hall–Kier alpha value is -0.560. The number of nitrogens with one attached hydrogen (secondary N) is 2. The maximum atomic E-state index is 12.5. The number of sulfonamides is 1. The average Bonchev–Trinajstić information content (AvgIpc) is 2.40. The van der Waals surface area contributed by atoms with Gasteiger partial charge in [-0.2, -0.15) is 11.8 Å². The molecule has 1 unspecified atom stereocenters. The van der Waals surface area contributed by atoms with Crippen LogP contribution >= 0.6 is 11.8 Å². The zero-order chi connectivity index (χ0) is 15.2. The topological polar surface area (TPSA) is 58.2 Å². The van der Waals surface area contributed by atoms with Crippen molar-refractivity contribution in [1.29, 1.82) is 0 Å². The van der Waals surface area contributed by atoms with Gasteiger partial charge in [0.2, 0.25) is 10.0 Å². The lowest BCUT2D eigenvalue weighted by Crippen LogP contribution is -2.36. The summed E-state index contributed by atoms with van der Waals surface area (Å²) in [5.41, 5.74) is 1.82. The molecule has 0 saturated heterocycles. The minimum absolute atomic E-state index is 0.0256. The molecule has 1 rings (SSSR count). The summed E-state index contributed by atoms with van der Waals surface area (Å²) in [6, 6.07) is 5.39. The molecule has 0 saturated carbocycles. The van der Waals surface area contributed by atoms with Crippen molar-refractivity contribution in [3.63, 3.8) is 0 Å². The zero-order valence-electron chi connectivity index (χ0n) is 12.6. The maximum absolute atomic E-state index is 12.5. The monoisotopic (exact) mass is 316 g/mol. The molecule has 0 aromatic heterocycles. The minimum atomic E-state index is -3.46. The summed E-state index contributed by atoms with van der Waals surface area (Å²) in [5, 5.41) is 3.06. The normalized spacial score (nSPS) is 13.4. The van der Waals surface area contributed by atoms with Gasteiger partial charge in [-0.1, -0.05) is 19.1 Å². The first-order valence-corrected chi connectivity index (χ1v) is 9.58. The highest BCUT2D eigenvalue weighted by Gasteiger charge is 2.21. The molecule has 1 aromatic rings. The summed E-state index contributed by atoms with van der Waals surface area (Å²) in [6.07, 6.45) is 2.77. The summed E-state index contributed by atoms with van der Waals surface area (Å²) in [4.78, 5) is 0.379. The summed E-state index contributed by atoms with van der Waals surface area (Å²) < 4.78 is 27.8. The molecule has 0 aliphatic heterocycles. The first-order valence-electron chi connectivity index (χ1n) is 6.70. The van der Waals surface area contributed by atoms with Crippen molar-refractivity contribution >= 4 is 21.8 Å².